The summed E-state index contributed by atoms with van der Waals surface area (Å²) >= 11 is 12.6. The molecule has 7 heteroatoms. The van der Waals surface area contributed by atoms with E-state index >= 15 is 0 Å². The quantitative estimate of drug-likeness (QED) is 0.614. The summed E-state index contributed by atoms with van der Waals surface area (Å²) in [7, 11) is 2.69. The van der Waals surface area contributed by atoms with Crippen LogP contribution in [0.1, 0.15) is 28.3 Å². The molecule has 0 atom stereocenters. The van der Waals surface area contributed by atoms with Crippen LogP contribution < -0.4 is 4.74 Å². The second-order valence-electron chi connectivity index (χ2n) is 7.18. The van der Waals surface area contributed by atoms with E-state index in [1.165, 1.54) is 17.0 Å². The molecule has 1 aromatic heterocycles. The molecule has 0 aliphatic carbocycles. The molecule has 1 aliphatic heterocycles. The van der Waals surface area contributed by atoms with Crippen LogP contribution in [-0.4, -0.2) is 40.3 Å². The van der Waals surface area contributed by atoms with Crippen LogP contribution in [0.4, 0.5) is 0 Å². The van der Waals surface area contributed by atoms with Gasteiger partial charge < -0.3 is 14.4 Å². The maximum atomic E-state index is 7.00. The minimum Gasteiger partial charge on any atom is -0.497 e. The minimum absolute atomic E-state index is 0.684. The fraction of sp³-hybridized carbons (Fsp3) is 0.348. The number of aryl methyl sites for hydroxylation is 1. The van der Waals surface area contributed by atoms with E-state index < -0.39 is 0 Å². The SMILES string of the molecule is CO.COc1ccc(CN2CCc3nc(C)n(Cc4cc(Cl)ccc4Cl)c3C2)cc1. The number of methoxy groups -OCH3 is 1. The van der Waals surface area contributed by atoms with E-state index in [1.54, 1.807) is 7.11 Å². The number of nitrogens with zero attached hydrogens (tertiary/aromatic N) is 3. The number of aliphatic hydroxyl groups is 1. The molecule has 0 amide bonds. The van der Waals surface area contributed by atoms with Gasteiger partial charge in [-0.05, 0) is 48.4 Å². The maximum Gasteiger partial charge on any atom is 0.118 e. The van der Waals surface area contributed by atoms with Gasteiger partial charge in [-0.3, -0.25) is 4.90 Å². The number of halogens is 2. The highest BCUT2D eigenvalue weighted by atomic mass is 35.5. The first-order chi connectivity index (χ1) is 14.5. The molecule has 0 radical (unpaired) electrons. The second-order valence-corrected chi connectivity index (χ2v) is 8.03. The van der Waals surface area contributed by atoms with Crippen LogP contribution in [-0.2, 0) is 26.1 Å². The van der Waals surface area contributed by atoms with Gasteiger partial charge in [-0.15, -0.1) is 0 Å². The van der Waals surface area contributed by atoms with Gasteiger partial charge in [-0.1, -0.05) is 35.3 Å². The van der Waals surface area contributed by atoms with E-state index in [0.29, 0.717) is 11.6 Å². The largest absolute Gasteiger partial charge is 0.497 e. The van der Waals surface area contributed by atoms with Crippen molar-refractivity contribution in [3.63, 3.8) is 0 Å². The van der Waals surface area contributed by atoms with Gasteiger partial charge in [0.05, 0.1) is 25.0 Å². The van der Waals surface area contributed by atoms with Crippen molar-refractivity contribution in [1.29, 1.82) is 0 Å². The van der Waals surface area contributed by atoms with Crippen molar-refractivity contribution in [2.45, 2.75) is 33.0 Å². The summed E-state index contributed by atoms with van der Waals surface area (Å²) in [6.07, 6.45) is 0.961. The zero-order valence-corrected chi connectivity index (χ0v) is 19.0. The molecular formula is C23H27Cl2N3O2. The first-order valence-corrected chi connectivity index (χ1v) is 10.6. The van der Waals surface area contributed by atoms with Gasteiger partial charge in [0.15, 0.2) is 0 Å². The van der Waals surface area contributed by atoms with Gasteiger partial charge in [0.25, 0.3) is 0 Å². The number of hydrogen-bond acceptors (Lipinski definition) is 4. The maximum absolute atomic E-state index is 7.00. The van der Waals surface area contributed by atoms with Gasteiger partial charge in [0.2, 0.25) is 0 Å². The lowest BCUT2D eigenvalue weighted by Gasteiger charge is -2.27. The van der Waals surface area contributed by atoms with Crippen LogP contribution in [0.5, 0.6) is 5.75 Å². The van der Waals surface area contributed by atoms with Gasteiger partial charge in [0.1, 0.15) is 11.6 Å². The monoisotopic (exact) mass is 447 g/mol. The molecule has 2 heterocycles. The van der Waals surface area contributed by atoms with Crippen molar-refractivity contribution >= 4 is 23.2 Å². The van der Waals surface area contributed by atoms with Crippen molar-refractivity contribution in [2.75, 3.05) is 20.8 Å². The summed E-state index contributed by atoms with van der Waals surface area (Å²) in [5.74, 6) is 1.91. The summed E-state index contributed by atoms with van der Waals surface area (Å²) in [6.45, 7) is 5.54. The lowest BCUT2D eigenvalue weighted by Crippen LogP contribution is -2.31. The van der Waals surface area contributed by atoms with Crippen LogP contribution in [0.3, 0.4) is 0 Å². The van der Waals surface area contributed by atoms with Crippen molar-refractivity contribution < 1.29 is 9.84 Å². The first-order valence-electron chi connectivity index (χ1n) is 9.82. The average molecular weight is 448 g/mol. The molecule has 5 nitrogen and oxygen atoms in total. The van der Waals surface area contributed by atoms with Crippen molar-refractivity contribution in [1.82, 2.24) is 14.5 Å². The lowest BCUT2D eigenvalue weighted by molar-refractivity contribution is 0.237. The zero-order valence-electron chi connectivity index (χ0n) is 17.5. The number of hydrogen-bond donors (Lipinski definition) is 1. The molecule has 4 rings (SSSR count). The zero-order chi connectivity index (χ0) is 21.7. The van der Waals surface area contributed by atoms with Crippen molar-refractivity contribution in [3.8, 4) is 5.75 Å². The second kappa shape index (κ2) is 10.3. The Hall–Kier alpha value is -2.05. The molecule has 160 valence electrons. The highest BCUT2D eigenvalue weighted by molar-refractivity contribution is 6.33. The van der Waals surface area contributed by atoms with Crippen LogP contribution in [0.25, 0.3) is 0 Å². The highest BCUT2D eigenvalue weighted by Gasteiger charge is 2.23. The lowest BCUT2D eigenvalue weighted by atomic mass is 10.1. The van der Waals surface area contributed by atoms with Gasteiger partial charge >= 0.3 is 0 Å². The summed E-state index contributed by atoms with van der Waals surface area (Å²) in [6, 6.07) is 13.9. The van der Waals surface area contributed by atoms with Gasteiger partial charge in [-0.2, -0.15) is 0 Å². The Kier molecular flexibility index (Phi) is 7.78. The Morgan fingerprint density at radius 2 is 1.80 bits per heavy atom. The number of fused-ring (bicyclic) bond motifs is 1. The summed E-state index contributed by atoms with van der Waals surface area (Å²) < 4.78 is 7.52. The number of benzene rings is 2. The van der Waals surface area contributed by atoms with E-state index in [-0.39, 0.29) is 0 Å². The molecule has 0 bridgehead atoms. The molecule has 0 unspecified atom stereocenters. The molecule has 1 N–H and O–H groups in total. The number of imidazole rings is 1. The Morgan fingerprint density at radius 3 is 2.50 bits per heavy atom. The van der Waals surface area contributed by atoms with E-state index in [1.807, 2.05) is 30.3 Å². The van der Waals surface area contributed by atoms with E-state index in [2.05, 4.69) is 28.5 Å². The third-order valence-corrected chi connectivity index (χ3v) is 5.89. The normalized spacial score (nSPS) is 13.4. The third kappa shape index (κ3) is 5.16. The van der Waals surface area contributed by atoms with Gasteiger partial charge in [-0.25, -0.2) is 4.98 Å². The van der Waals surface area contributed by atoms with E-state index in [9.17, 15) is 0 Å². The summed E-state index contributed by atoms with van der Waals surface area (Å²) in [4.78, 5) is 7.27. The van der Waals surface area contributed by atoms with Crippen LogP contribution >= 0.6 is 23.2 Å². The predicted octanol–water partition coefficient (Wildman–Crippen LogP) is 4.72. The minimum atomic E-state index is 0.684. The van der Waals surface area contributed by atoms with Gasteiger partial charge in [0, 0.05) is 43.2 Å². The van der Waals surface area contributed by atoms with E-state index in [4.69, 9.17) is 38.0 Å². The molecule has 0 spiro atoms. The standard InChI is InChI=1S/C22H23Cl2N3O.CH4O/c1-15-25-21-9-10-26(12-16-3-6-19(28-2)7-4-16)14-22(21)27(15)13-17-11-18(23)5-8-20(17)24;1-2/h3-8,11H,9-10,12-14H2,1-2H3;2H,1H3. The Bertz CT molecular complexity index is 987. The van der Waals surface area contributed by atoms with Crippen LogP contribution in [0.2, 0.25) is 10.0 Å². The molecule has 30 heavy (non-hydrogen) atoms. The fourth-order valence-electron chi connectivity index (χ4n) is 3.77. The van der Waals surface area contributed by atoms with Crippen LogP contribution in [0.15, 0.2) is 42.5 Å². The summed E-state index contributed by atoms with van der Waals surface area (Å²) in [5.41, 5.74) is 4.77. The summed E-state index contributed by atoms with van der Waals surface area (Å²) in [5, 5.41) is 8.43. The number of rotatable bonds is 5. The molecule has 3 aromatic rings. The van der Waals surface area contributed by atoms with Crippen molar-refractivity contribution in [2.24, 2.45) is 0 Å². The van der Waals surface area contributed by atoms with Crippen molar-refractivity contribution in [3.05, 3.63) is 80.8 Å². The average Bonchev–Trinajstić information content (AvgIpc) is 3.07. The Morgan fingerprint density at radius 1 is 1.07 bits per heavy atom. The Labute approximate surface area is 187 Å². The smallest absolute Gasteiger partial charge is 0.118 e. The molecule has 0 saturated carbocycles. The molecular weight excluding hydrogens is 421 g/mol. The Balaban J connectivity index is 0.00000124. The molecule has 1 aliphatic rings. The molecule has 0 fully saturated rings. The molecule has 0 saturated heterocycles. The predicted molar refractivity (Wildman–Crippen MR) is 121 cm³/mol. The highest BCUT2D eigenvalue weighted by Crippen LogP contribution is 2.26. The van der Waals surface area contributed by atoms with E-state index in [0.717, 1.165) is 55.3 Å². The number of aromatic nitrogens is 2. The fourth-order valence-corrected chi connectivity index (χ4v) is 4.14. The topological polar surface area (TPSA) is 50.5 Å². The third-order valence-electron chi connectivity index (χ3n) is 5.29. The number of ether oxygens (including phenoxy) is 1. The molecule has 2 aromatic carbocycles. The number of aliphatic hydroxyl groups excluding tert-OH is 1. The van der Waals surface area contributed by atoms with Crippen LogP contribution in [0, 0.1) is 6.92 Å². The first kappa shape index (κ1) is 22.6.